The summed E-state index contributed by atoms with van der Waals surface area (Å²) in [5.74, 6) is -0.803. The molecule has 0 saturated heterocycles. The molecular weight excluding hydrogens is 298 g/mol. The van der Waals surface area contributed by atoms with Gasteiger partial charge in [-0.25, -0.2) is 14.8 Å². The Kier molecular flexibility index (Phi) is 5.76. The van der Waals surface area contributed by atoms with E-state index in [4.69, 9.17) is 9.84 Å². The van der Waals surface area contributed by atoms with Gasteiger partial charge in [0, 0.05) is 18.3 Å². The zero-order valence-electron chi connectivity index (χ0n) is 12.7. The standard InChI is InChI=1S/C16H17N3O4/c1-11-13(16(22)17-7-8-23-10-14(20)21)9-18-15(19-11)12-5-3-2-4-6-12/h2-6,9H,7-8,10H2,1H3,(H,17,22)(H,20,21). The van der Waals surface area contributed by atoms with Crippen LogP contribution in [0, 0.1) is 6.92 Å². The number of ether oxygens (including phenoxy) is 1. The molecular formula is C16H17N3O4. The number of aromatic nitrogens is 2. The van der Waals surface area contributed by atoms with E-state index in [-0.39, 0.29) is 25.7 Å². The molecule has 0 unspecified atom stereocenters. The predicted molar refractivity (Wildman–Crippen MR) is 83.0 cm³/mol. The van der Waals surface area contributed by atoms with E-state index in [1.807, 2.05) is 30.3 Å². The van der Waals surface area contributed by atoms with Gasteiger partial charge in [-0.15, -0.1) is 0 Å². The smallest absolute Gasteiger partial charge is 0.329 e. The molecule has 0 spiro atoms. The molecule has 1 aromatic carbocycles. The Morgan fingerprint density at radius 1 is 1.26 bits per heavy atom. The van der Waals surface area contributed by atoms with Crippen molar-refractivity contribution in [1.82, 2.24) is 15.3 Å². The number of aryl methyl sites for hydroxylation is 1. The van der Waals surface area contributed by atoms with Crippen molar-refractivity contribution in [3.8, 4) is 11.4 Å². The molecule has 0 radical (unpaired) electrons. The van der Waals surface area contributed by atoms with Crippen molar-refractivity contribution in [3.63, 3.8) is 0 Å². The number of amides is 1. The fourth-order valence-electron chi connectivity index (χ4n) is 1.91. The molecule has 1 aromatic heterocycles. The van der Waals surface area contributed by atoms with Gasteiger partial charge in [-0.2, -0.15) is 0 Å². The van der Waals surface area contributed by atoms with Gasteiger partial charge in [0.15, 0.2) is 5.82 Å². The number of aliphatic carboxylic acids is 1. The summed E-state index contributed by atoms with van der Waals surface area (Å²) >= 11 is 0. The maximum atomic E-state index is 12.0. The van der Waals surface area contributed by atoms with Gasteiger partial charge in [-0.3, -0.25) is 4.79 Å². The summed E-state index contributed by atoms with van der Waals surface area (Å²) in [6.07, 6.45) is 1.48. The van der Waals surface area contributed by atoms with Crippen molar-refractivity contribution in [2.75, 3.05) is 19.8 Å². The van der Waals surface area contributed by atoms with Crippen LogP contribution in [0.15, 0.2) is 36.5 Å². The largest absolute Gasteiger partial charge is 0.480 e. The minimum Gasteiger partial charge on any atom is -0.480 e. The second-order valence-corrected chi connectivity index (χ2v) is 4.76. The number of carboxylic acids is 1. The fourth-order valence-corrected chi connectivity index (χ4v) is 1.91. The lowest BCUT2D eigenvalue weighted by Crippen LogP contribution is -2.28. The van der Waals surface area contributed by atoms with Crippen LogP contribution in [-0.4, -0.2) is 46.7 Å². The van der Waals surface area contributed by atoms with Gasteiger partial charge in [-0.05, 0) is 6.92 Å². The average molecular weight is 315 g/mol. The first kappa shape index (κ1) is 16.6. The number of nitrogens with one attached hydrogen (secondary N) is 1. The van der Waals surface area contributed by atoms with Crippen LogP contribution < -0.4 is 5.32 Å². The summed E-state index contributed by atoms with van der Waals surface area (Å²) in [5.41, 5.74) is 1.83. The lowest BCUT2D eigenvalue weighted by atomic mass is 10.2. The summed E-state index contributed by atoms with van der Waals surface area (Å²) in [4.78, 5) is 30.9. The first-order valence-corrected chi connectivity index (χ1v) is 7.04. The molecule has 0 aliphatic carbocycles. The highest BCUT2D eigenvalue weighted by Gasteiger charge is 2.12. The zero-order valence-corrected chi connectivity index (χ0v) is 12.7. The number of carboxylic acid groups (broad SMARTS) is 1. The van der Waals surface area contributed by atoms with E-state index in [0.29, 0.717) is 17.1 Å². The SMILES string of the molecule is Cc1nc(-c2ccccc2)ncc1C(=O)NCCOCC(=O)O. The fraction of sp³-hybridized carbons (Fsp3) is 0.250. The van der Waals surface area contributed by atoms with Crippen LogP contribution in [0.2, 0.25) is 0 Å². The Morgan fingerprint density at radius 3 is 2.65 bits per heavy atom. The molecule has 0 saturated carbocycles. The lowest BCUT2D eigenvalue weighted by Gasteiger charge is -2.08. The van der Waals surface area contributed by atoms with Gasteiger partial charge in [0.05, 0.1) is 17.9 Å². The molecule has 0 fully saturated rings. The van der Waals surface area contributed by atoms with Crippen LogP contribution in [0.25, 0.3) is 11.4 Å². The third-order valence-corrected chi connectivity index (χ3v) is 3.01. The molecule has 0 bridgehead atoms. The van der Waals surface area contributed by atoms with Gasteiger partial charge < -0.3 is 15.2 Å². The monoisotopic (exact) mass is 315 g/mol. The molecule has 7 heteroatoms. The van der Waals surface area contributed by atoms with E-state index in [1.165, 1.54) is 6.20 Å². The molecule has 0 atom stereocenters. The van der Waals surface area contributed by atoms with Gasteiger partial charge in [0.25, 0.3) is 5.91 Å². The Balaban J connectivity index is 1.95. The number of hydrogen-bond acceptors (Lipinski definition) is 5. The van der Waals surface area contributed by atoms with E-state index in [2.05, 4.69) is 15.3 Å². The van der Waals surface area contributed by atoms with E-state index in [1.54, 1.807) is 6.92 Å². The van der Waals surface area contributed by atoms with Crippen molar-refractivity contribution >= 4 is 11.9 Å². The van der Waals surface area contributed by atoms with E-state index in [0.717, 1.165) is 5.56 Å². The second-order valence-electron chi connectivity index (χ2n) is 4.76. The second kappa shape index (κ2) is 8.00. The van der Waals surface area contributed by atoms with Gasteiger partial charge >= 0.3 is 5.97 Å². The van der Waals surface area contributed by atoms with Gasteiger partial charge in [-0.1, -0.05) is 30.3 Å². The van der Waals surface area contributed by atoms with Crippen molar-refractivity contribution < 1.29 is 19.4 Å². The Bertz CT molecular complexity index is 689. The van der Waals surface area contributed by atoms with Crippen molar-refractivity contribution in [3.05, 3.63) is 47.8 Å². The van der Waals surface area contributed by atoms with Crippen molar-refractivity contribution in [2.45, 2.75) is 6.92 Å². The Labute approximate surface area is 133 Å². The molecule has 2 N–H and O–H groups in total. The average Bonchev–Trinajstić information content (AvgIpc) is 2.54. The van der Waals surface area contributed by atoms with Crippen LogP contribution in [0.3, 0.4) is 0 Å². The van der Waals surface area contributed by atoms with Crippen LogP contribution >= 0.6 is 0 Å². The van der Waals surface area contributed by atoms with Crippen molar-refractivity contribution in [1.29, 1.82) is 0 Å². The highest BCUT2D eigenvalue weighted by molar-refractivity contribution is 5.95. The summed E-state index contributed by atoms with van der Waals surface area (Å²) in [6.45, 7) is 1.69. The highest BCUT2D eigenvalue weighted by atomic mass is 16.5. The molecule has 120 valence electrons. The van der Waals surface area contributed by atoms with Crippen LogP contribution in [0.5, 0.6) is 0 Å². The Hall–Kier alpha value is -2.80. The zero-order chi connectivity index (χ0) is 16.7. The van der Waals surface area contributed by atoms with Crippen LogP contribution in [0.4, 0.5) is 0 Å². The molecule has 23 heavy (non-hydrogen) atoms. The summed E-state index contributed by atoms with van der Waals surface area (Å²) < 4.78 is 4.84. The molecule has 2 rings (SSSR count). The quantitative estimate of drug-likeness (QED) is 0.746. The molecule has 7 nitrogen and oxygen atoms in total. The van der Waals surface area contributed by atoms with Gasteiger partial charge in [0.1, 0.15) is 6.61 Å². The number of nitrogens with zero attached hydrogens (tertiary/aromatic N) is 2. The lowest BCUT2D eigenvalue weighted by molar-refractivity contribution is -0.142. The van der Waals surface area contributed by atoms with Crippen LogP contribution in [0.1, 0.15) is 16.1 Å². The first-order chi connectivity index (χ1) is 11.1. The Morgan fingerprint density at radius 2 is 2.00 bits per heavy atom. The normalized spacial score (nSPS) is 10.3. The molecule has 2 aromatic rings. The number of carbonyl (C=O) groups excluding carboxylic acids is 1. The van der Waals surface area contributed by atoms with Gasteiger partial charge in [0.2, 0.25) is 0 Å². The summed E-state index contributed by atoms with van der Waals surface area (Å²) in [7, 11) is 0. The third kappa shape index (κ3) is 4.86. The topological polar surface area (TPSA) is 101 Å². The first-order valence-electron chi connectivity index (χ1n) is 7.04. The molecule has 1 amide bonds. The van der Waals surface area contributed by atoms with Crippen LogP contribution in [-0.2, 0) is 9.53 Å². The number of benzene rings is 1. The highest BCUT2D eigenvalue weighted by Crippen LogP contribution is 2.15. The number of hydrogen-bond donors (Lipinski definition) is 2. The minimum atomic E-state index is -1.04. The van der Waals surface area contributed by atoms with Crippen molar-refractivity contribution in [2.24, 2.45) is 0 Å². The molecule has 0 aliphatic heterocycles. The van der Waals surface area contributed by atoms with E-state index in [9.17, 15) is 9.59 Å². The summed E-state index contributed by atoms with van der Waals surface area (Å²) in [6, 6.07) is 9.49. The number of carbonyl (C=O) groups is 2. The minimum absolute atomic E-state index is 0.125. The predicted octanol–water partition coefficient (Wildman–Crippen LogP) is 1.28. The summed E-state index contributed by atoms with van der Waals surface area (Å²) in [5, 5.41) is 11.1. The molecule has 0 aliphatic rings. The maximum Gasteiger partial charge on any atom is 0.329 e. The molecule has 1 heterocycles. The van der Waals surface area contributed by atoms with E-state index >= 15 is 0 Å². The van der Waals surface area contributed by atoms with E-state index < -0.39 is 5.97 Å². The maximum absolute atomic E-state index is 12.0. The number of rotatable bonds is 7. The third-order valence-electron chi connectivity index (χ3n) is 3.01.